The van der Waals surface area contributed by atoms with Gasteiger partial charge in [-0.3, -0.25) is 0 Å². The van der Waals surface area contributed by atoms with Gasteiger partial charge in [-0.1, -0.05) is 158 Å². The zero-order valence-corrected chi connectivity index (χ0v) is 27.6. The molecule has 0 saturated heterocycles. The van der Waals surface area contributed by atoms with Crippen LogP contribution in [0.15, 0.2) is 195 Å². The van der Waals surface area contributed by atoms with E-state index in [1.54, 1.807) is 0 Å². The van der Waals surface area contributed by atoms with Crippen molar-refractivity contribution in [2.75, 3.05) is 10.6 Å². The summed E-state index contributed by atoms with van der Waals surface area (Å²) < 4.78 is 0. The Balaban J connectivity index is 1.27. The smallest absolute Gasteiger partial charge is 0.0464 e. The molecule has 7 aromatic carbocycles. The molecule has 0 radical (unpaired) electrons. The highest BCUT2D eigenvalue weighted by Gasteiger charge is 2.15. The van der Waals surface area contributed by atoms with Crippen molar-refractivity contribution in [1.29, 1.82) is 0 Å². The molecule has 0 fully saturated rings. The molecular weight excluding hydrogens is 593 g/mol. The van der Waals surface area contributed by atoms with Gasteiger partial charge in [-0.2, -0.15) is 0 Å². The van der Waals surface area contributed by atoms with E-state index in [0.29, 0.717) is 0 Å². The number of fused-ring (bicyclic) bond motifs is 1. The first-order valence-electron chi connectivity index (χ1n) is 16.7. The number of benzene rings is 7. The maximum Gasteiger partial charge on any atom is 0.0464 e. The number of rotatable bonds is 10. The summed E-state index contributed by atoms with van der Waals surface area (Å²) in [6.45, 7) is 6.36. The van der Waals surface area contributed by atoms with Gasteiger partial charge in [0.05, 0.1) is 0 Å². The Morgan fingerprint density at radius 2 is 1.12 bits per heavy atom. The van der Waals surface area contributed by atoms with E-state index in [-0.39, 0.29) is 0 Å². The van der Waals surface area contributed by atoms with Crippen LogP contribution in [0, 0.1) is 0 Å². The van der Waals surface area contributed by atoms with E-state index in [0.717, 1.165) is 61.7 Å². The van der Waals surface area contributed by atoms with Gasteiger partial charge in [0.2, 0.25) is 0 Å². The second kappa shape index (κ2) is 14.6. The first kappa shape index (κ1) is 31.2. The Bertz CT molecular complexity index is 2310. The molecule has 0 heterocycles. The zero-order chi connectivity index (χ0) is 33.4. The fraction of sp³-hybridized carbons (Fsp3) is 0.0213. The van der Waals surface area contributed by atoms with Crippen LogP contribution in [0.25, 0.3) is 49.7 Å². The quantitative estimate of drug-likeness (QED) is 0.147. The molecule has 0 saturated carbocycles. The maximum atomic E-state index is 4.35. The van der Waals surface area contributed by atoms with Crippen LogP contribution < -0.4 is 10.6 Å². The highest BCUT2D eigenvalue weighted by molar-refractivity contribution is 5.95. The van der Waals surface area contributed by atoms with Gasteiger partial charge in [0.25, 0.3) is 0 Å². The summed E-state index contributed by atoms with van der Waals surface area (Å²) in [6.07, 6.45) is 8.10. The number of hydrogen-bond donors (Lipinski definition) is 2. The number of para-hydroxylation sites is 3. The Hall–Kier alpha value is -6.38. The van der Waals surface area contributed by atoms with E-state index in [1.807, 2.05) is 31.2 Å². The van der Waals surface area contributed by atoms with Gasteiger partial charge in [-0.05, 0) is 81.9 Å². The van der Waals surface area contributed by atoms with E-state index in [9.17, 15) is 0 Å². The molecule has 0 atom stereocenters. The van der Waals surface area contributed by atoms with Crippen molar-refractivity contribution in [1.82, 2.24) is 0 Å². The van der Waals surface area contributed by atoms with Crippen LogP contribution in [0.3, 0.4) is 0 Å². The van der Waals surface area contributed by atoms with Gasteiger partial charge >= 0.3 is 0 Å². The molecule has 0 aromatic heterocycles. The van der Waals surface area contributed by atoms with Gasteiger partial charge < -0.3 is 10.6 Å². The van der Waals surface area contributed by atoms with Crippen LogP contribution in [-0.4, -0.2) is 0 Å². The molecule has 49 heavy (non-hydrogen) atoms. The third-order valence-corrected chi connectivity index (χ3v) is 8.73. The molecule has 0 unspecified atom stereocenters. The third-order valence-electron chi connectivity index (χ3n) is 8.73. The van der Waals surface area contributed by atoms with Crippen LogP contribution in [0.4, 0.5) is 22.7 Å². The van der Waals surface area contributed by atoms with Crippen molar-refractivity contribution in [3.8, 4) is 33.4 Å². The van der Waals surface area contributed by atoms with Crippen LogP contribution in [0.1, 0.15) is 12.5 Å². The minimum Gasteiger partial charge on any atom is -0.355 e. The van der Waals surface area contributed by atoms with Crippen molar-refractivity contribution in [3.05, 3.63) is 200 Å². The summed E-state index contributed by atoms with van der Waals surface area (Å²) in [5.41, 5.74) is 13.0. The topological polar surface area (TPSA) is 24.1 Å². The van der Waals surface area contributed by atoms with Crippen molar-refractivity contribution >= 4 is 39.1 Å². The summed E-state index contributed by atoms with van der Waals surface area (Å²) in [4.78, 5) is 0. The minimum atomic E-state index is 0.947. The van der Waals surface area contributed by atoms with Gasteiger partial charge in [-0.25, -0.2) is 0 Å². The molecule has 7 aromatic rings. The van der Waals surface area contributed by atoms with Crippen molar-refractivity contribution in [2.45, 2.75) is 6.92 Å². The standard InChI is InChI=1S/C47H38N2/c1-3-4-6-17-34(2)40-22-11-14-25-45(40)49-47-27-16-13-24-43(47)42-31-30-39(33-44(42)36-19-7-5-8-20-36)48-46-26-15-12-23-41(46)38-29-28-35-18-9-10-21-37(35)32-38/h3-33,48-49H,2H2,1H3/b4-3-,17-6-. The first-order chi connectivity index (χ1) is 24.2. The zero-order valence-electron chi connectivity index (χ0n) is 27.6. The van der Waals surface area contributed by atoms with E-state index in [4.69, 9.17) is 0 Å². The van der Waals surface area contributed by atoms with Crippen LogP contribution >= 0.6 is 0 Å². The molecule has 0 aliphatic rings. The van der Waals surface area contributed by atoms with E-state index >= 15 is 0 Å². The Morgan fingerprint density at radius 3 is 1.92 bits per heavy atom. The number of anilines is 4. The van der Waals surface area contributed by atoms with Gasteiger partial charge in [0.15, 0.2) is 0 Å². The highest BCUT2D eigenvalue weighted by atomic mass is 14.9. The normalized spacial score (nSPS) is 11.3. The lowest BCUT2D eigenvalue weighted by molar-refractivity contribution is 1.49. The second-order valence-electron chi connectivity index (χ2n) is 12.0. The lowest BCUT2D eigenvalue weighted by atomic mass is 9.92. The summed E-state index contributed by atoms with van der Waals surface area (Å²) in [5, 5.41) is 9.99. The molecule has 0 aliphatic carbocycles. The lowest BCUT2D eigenvalue weighted by Gasteiger charge is -2.19. The molecule has 7 rings (SSSR count). The van der Waals surface area contributed by atoms with Gasteiger partial charge in [-0.15, -0.1) is 0 Å². The molecule has 0 spiro atoms. The number of hydrogen-bond acceptors (Lipinski definition) is 2. The van der Waals surface area contributed by atoms with Crippen molar-refractivity contribution in [3.63, 3.8) is 0 Å². The average molecular weight is 631 g/mol. The molecule has 2 N–H and O–H groups in total. The summed E-state index contributed by atoms with van der Waals surface area (Å²) >= 11 is 0. The fourth-order valence-electron chi connectivity index (χ4n) is 6.29. The highest BCUT2D eigenvalue weighted by Crippen LogP contribution is 2.41. The first-order valence-corrected chi connectivity index (χ1v) is 16.7. The summed E-state index contributed by atoms with van der Waals surface area (Å²) in [6, 6.07) is 57.8. The van der Waals surface area contributed by atoms with E-state index in [2.05, 4.69) is 181 Å². The Morgan fingerprint density at radius 1 is 0.469 bits per heavy atom. The predicted molar refractivity (Wildman–Crippen MR) is 213 cm³/mol. The molecule has 0 amide bonds. The predicted octanol–water partition coefficient (Wildman–Crippen LogP) is 13.5. The molecule has 236 valence electrons. The monoisotopic (exact) mass is 630 g/mol. The third kappa shape index (κ3) is 7.00. The van der Waals surface area contributed by atoms with Crippen molar-refractivity contribution < 1.29 is 0 Å². The molecule has 0 bridgehead atoms. The second-order valence-corrected chi connectivity index (χ2v) is 12.0. The maximum absolute atomic E-state index is 4.35. The summed E-state index contributed by atoms with van der Waals surface area (Å²) in [7, 11) is 0. The van der Waals surface area contributed by atoms with Crippen LogP contribution in [0.5, 0.6) is 0 Å². The molecular formula is C47H38N2. The van der Waals surface area contributed by atoms with Crippen molar-refractivity contribution in [2.24, 2.45) is 0 Å². The van der Waals surface area contributed by atoms with E-state index in [1.165, 1.54) is 16.3 Å². The molecule has 0 aliphatic heterocycles. The van der Waals surface area contributed by atoms with Gasteiger partial charge in [0, 0.05) is 39.4 Å². The Kier molecular flexibility index (Phi) is 9.30. The molecule has 2 nitrogen and oxygen atoms in total. The number of nitrogens with one attached hydrogen (secondary N) is 2. The Labute approximate surface area is 289 Å². The largest absolute Gasteiger partial charge is 0.355 e. The lowest BCUT2D eigenvalue weighted by Crippen LogP contribution is -1.98. The SMILES string of the molecule is C=C(/C=C\C=C/C)c1ccccc1Nc1ccccc1-c1ccc(Nc2ccccc2-c2ccc3ccccc3c2)cc1-c1ccccc1. The van der Waals surface area contributed by atoms with Gasteiger partial charge in [0.1, 0.15) is 0 Å². The summed E-state index contributed by atoms with van der Waals surface area (Å²) in [5.74, 6) is 0. The van der Waals surface area contributed by atoms with E-state index < -0.39 is 0 Å². The fourth-order valence-corrected chi connectivity index (χ4v) is 6.29. The van der Waals surface area contributed by atoms with Crippen LogP contribution in [-0.2, 0) is 0 Å². The average Bonchev–Trinajstić information content (AvgIpc) is 3.16. The van der Waals surface area contributed by atoms with Crippen LogP contribution in [0.2, 0.25) is 0 Å². The minimum absolute atomic E-state index is 0.947. The number of allylic oxidation sites excluding steroid dienone is 5. The molecule has 2 heteroatoms.